The van der Waals surface area contributed by atoms with Crippen molar-refractivity contribution >= 4 is 35.0 Å². The maximum atomic E-state index is 13.6. The largest absolute Gasteiger partial charge is 0.478 e. The highest BCUT2D eigenvalue weighted by molar-refractivity contribution is 6.36. The number of anilines is 1. The van der Waals surface area contributed by atoms with Crippen LogP contribution in [0.4, 0.5) is 10.2 Å². The molecule has 3 aromatic rings. The molecular weight excluding hydrogens is 408 g/mol. The number of hydrogen-bond donors (Lipinski definition) is 2. The summed E-state index contributed by atoms with van der Waals surface area (Å²) in [5, 5.41) is 9.38. The van der Waals surface area contributed by atoms with Gasteiger partial charge in [-0.2, -0.15) is 0 Å². The van der Waals surface area contributed by atoms with E-state index in [2.05, 4.69) is 9.97 Å². The van der Waals surface area contributed by atoms with Crippen molar-refractivity contribution < 1.29 is 19.0 Å². The summed E-state index contributed by atoms with van der Waals surface area (Å²) in [6.07, 6.45) is 1.65. The number of carbonyl (C=O) groups is 1. The van der Waals surface area contributed by atoms with Gasteiger partial charge in [0.2, 0.25) is 0 Å². The topological polar surface area (TPSA) is 98.3 Å². The normalized spacial score (nSPS) is 10.7. The van der Waals surface area contributed by atoms with E-state index in [0.29, 0.717) is 21.8 Å². The Morgan fingerprint density at radius 3 is 2.79 bits per heavy atom. The van der Waals surface area contributed by atoms with E-state index in [9.17, 15) is 9.18 Å². The third kappa shape index (κ3) is 4.32. The molecule has 0 unspecified atom stereocenters. The number of benzene rings is 2. The van der Waals surface area contributed by atoms with E-state index in [1.54, 1.807) is 12.1 Å². The molecule has 0 amide bonds. The van der Waals surface area contributed by atoms with Crippen LogP contribution in [0.3, 0.4) is 0 Å². The first-order valence-corrected chi connectivity index (χ1v) is 8.84. The lowest BCUT2D eigenvalue weighted by Crippen LogP contribution is -2.08. The molecule has 3 N–H and O–H groups in total. The summed E-state index contributed by atoms with van der Waals surface area (Å²) in [5.41, 5.74) is 7.29. The highest BCUT2D eigenvalue weighted by Gasteiger charge is 2.13. The molecular formula is C19H14Cl2FN3O3. The third-order valence-electron chi connectivity index (χ3n) is 3.90. The zero-order chi connectivity index (χ0) is 20.3. The van der Waals surface area contributed by atoms with E-state index >= 15 is 0 Å². The van der Waals surface area contributed by atoms with E-state index in [1.807, 2.05) is 0 Å². The van der Waals surface area contributed by atoms with Crippen molar-refractivity contribution in [3.05, 3.63) is 69.6 Å². The molecule has 1 aromatic heterocycles. The van der Waals surface area contributed by atoms with Gasteiger partial charge in [0, 0.05) is 17.0 Å². The average Bonchev–Trinajstić information content (AvgIpc) is 2.69. The maximum Gasteiger partial charge on any atom is 0.335 e. The van der Waals surface area contributed by atoms with Crippen LogP contribution in [0.5, 0.6) is 5.88 Å². The molecule has 9 heteroatoms. The van der Waals surface area contributed by atoms with Gasteiger partial charge in [-0.1, -0.05) is 35.3 Å². The number of ether oxygens (including phenoxy) is 1. The summed E-state index contributed by atoms with van der Waals surface area (Å²) in [6.45, 7) is 0.0837. The lowest BCUT2D eigenvalue weighted by atomic mass is 10.1. The molecule has 0 bridgehead atoms. The van der Waals surface area contributed by atoms with Crippen molar-refractivity contribution in [2.24, 2.45) is 0 Å². The minimum Gasteiger partial charge on any atom is -0.478 e. The molecule has 6 nitrogen and oxygen atoms in total. The number of rotatable bonds is 6. The molecule has 28 heavy (non-hydrogen) atoms. The molecule has 0 radical (unpaired) electrons. The van der Waals surface area contributed by atoms with Gasteiger partial charge in [0.05, 0.1) is 29.1 Å². The van der Waals surface area contributed by atoms with Gasteiger partial charge in [-0.25, -0.2) is 19.2 Å². The SMILES string of the molecule is Nc1ncc(-c2cccc(C(=O)O)c2)nc1OCCc1c(Cl)ccc(F)c1Cl. The van der Waals surface area contributed by atoms with Gasteiger partial charge in [0.1, 0.15) is 5.82 Å². The molecule has 0 fully saturated rings. The Bertz CT molecular complexity index is 1050. The first-order chi connectivity index (χ1) is 13.4. The van der Waals surface area contributed by atoms with E-state index in [1.165, 1.54) is 30.5 Å². The standard InChI is InChI=1S/C19H14Cl2FN3O3/c20-13-4-5-14(22)16(21)12(13)6-7-28-18-17(23)24-9-15(25-18)10-2-1-3-11(8-10)19(26)27/h1-5,8-9H,6-7H2,(H2,23,24)(H,26,27). The predicted molar refractivity (Wildman–Crippen MR) is 104 cm³/mol. The number of nitrogens with zero attached hydrogens (tertiary/aromatic N) is 2. The van der Waals surface area contributed by atoms with Crippen LogP contribution in [-0.4, -0.2) is 27.7 Å². The Labute approximate surface area is 169 Å². The number of halogens is 3. The summed E-state index contributed by atoms with van der Waals surface area (Å²) < 4.78 is 19.2. The second-order valence-corrected chi connectivity index (χ2v) is 6.54. The molecule has 144 valence electrons. The van der Waals surface area contributed by atoms with Crippen molar-refractivity contribution in [1.29, 1.82) is 0 Å². The minimum atomic E-state index is -1.05. The van der Waals surface area contributed by atoms with Gasteiger partial charge in [0.15, 0.2) is 5.82 Å². The van der Waals surface area contributed by atoms with Crippen molar-refractivity contribution in [3.8, 4) is 17.1 Å². The minimum absolute atomic E-state index is 0.0607. The number of hydrogen-bond acceptors (Lipinski definition) is 5. The van der Waals surface area contributed by atoms with Gasteiger partial charge in [-0.05, 0) is 29.8 Å². The fraction of sp³-hybridized carbons (Fsp3) is 0.105. The summed E-state index contributed by atoms with van der Waals surface area (Å²) in [5.74, 6) is -1.48. The highest BCUT2D eigenvalue weighted by atomic mass is 35.5. The Morgan fingerprint density at radius 1 is 1.25 bits per heavy atom. The van der Waals surface area contributed by atoms with Crippen LogP contribution in [0.1, 0.15) is 15.9 Å². The number of nitrogens with two attached hydrogens (primary N) is 1. The van der Waals surface area contributed by atoms with Gasteiger partial charge >= 0.3 is 5.97 Å². The molecule has 0 saturated carbocycles. The molecule has 0 aliphatic heterocycles. The molecule has 0 spiro atoms. The van der Waals surface area contributed by atoms with E-state index in [-0.39, 0.29) is 35.3 Å². The number of aromatic carboxylic acids is 1. The second-order valence-electron chi connectivity index (χ2n) is 5.75. The smallest absolute Gasteiger partial charge is 0.335 e. The van der Waals surface area contributed by atoms with Crippen LogP contribution in [0.2, 0.25) is 10.0 Å². The maximum absolute atomic E-state index is 13.6. The van der Waals surface area contributed by atoms with Gasteiger partial charge in [-0.15, -0.1) is 0 Å². The molecule has 2 aromatic carbocycles. The lowest BCUT2D eigenvalue weighted by molar-refractivity contribution is 0.0697. The molecule has 1 heterocycles. The van der Waals surface area contributed by atoms with Crippen LogP contribution >= 0.6 is 23.2 Å². The first kappa shape index (κ1) is 19.9. The third-order valence-corrected chi connectivity index (χ3v) is 4.66. The monoisotopic (exact) mass is 421 g/mol. The van der Waals surface area contributed by atoms with Crippen molar-refractivity contribution in [2.75, 3.05) is 12.3 Å². The fourth-order valence-corrected chi connectivity index (χ4v) is 3.05. The Balaban J connectivity index is 1.79. The van der Waals surface area contributed by atoms with Crippen LogP contribution in [0.15, 0.2) is 42.6 Å². The van der Waals surface area contributed by atoms with Crippen LogP contribution in [0.25, 0.3) is 11.3 Å². The van der Waals surface area contributed by atoms with E-state index in [0.717, 1.165) is 0 Å². The van der Waals surface area contributed by atoms with Crippen molar-refractivity contribution in [2.45, 2.75) is 6.42 Å². The Morgan fingerprint density at radius 2 is 2.04 bits per heavy atom. The highest BCUT2D eigenvalue weighted by Crippen LogP contribution is 2.28. The fourth-order valence-electron chi connectivity index (χ4n) is 2.49. The molecule has 0 saturated heterocycles. The van der Waals surface area contributed by atoms with Gasteiger partial charge in [0.25, 0.3) is 5.88 Å². The molecule has 3 rings (SSSR count). The average molecular weight is 422 g/mol. The molecule has 0 atom stereocenters. The lowest BCUT2D eigenvalue weighted by Gasteiger charge is -2.11. The van der Waals surface area contributed by atoms with Gasteiger partial charge in [-0.3, -0.25) is 0 Å². The van der Waals surface area contributed by atoms with Crippen molar-refractivity contribution in [3.63, 3.8) is 0 Å². The van der Waals surface area contributed by atoms with E-state index < -0.39 is 11.8 Å². The zero-order valence-electron chi connectivity index (χ0n) is 14.3. The number of nitrogen functional groups attached to an aromatic ring is 1. The Kier molecular flexibility index (Phi) is 5.96. The molecule has 0 aliphatic rings. The zero-order valence-corrected chi connectivity index (χ0v) is 15.8. The number of carboxylic acid groups (broad SMARTS) is 1. The second kappa shape index (κ2) is 8.41. The number of carboxylic acids is 1. The van der Waals surface area contributed by atoms with Crippen molar-refractivity contribution in [1.82, 2.24) is 9.97 Å². The first-order valence-electron chi connectivity index (χ1n) is 8.08. The number of aromatic nitrogens is 2. The summed E-state index contributed by atoms with van der Waals surface area (Å²) in [4.78, 5) is 19.5. The van der Waals surface area contributed by atoms with Crippen LogP contribution in [-0.2, 0) is 6.42 Å². The summed E-state index contributed by atoms with van der Waals surface area (Å²) >= 11 is 12.0. The van der Waals surface area contributed by atoms with Crippen LogP contribution in [0, 0.1) is 5.82 Å². The molecule has 0 aliphatic carbocycles. The van der Waals surface area contributed by atoms with E-state index in [4.69, 9.17) is 38.8 Å². The van der Waals surface area contributed by atoms with Gasteiger partial charge < -0.3 is 15.6 Å². The summed E-state index contributed by atoms with van der Waals surface area (Å²) in [6, 6.07) is 8.85. The predicted octanol–water partition coefficient (Wildman–Crippen LogP) is 4.49. The van der Waals surface area contributed by atoms with Crippen LogP contribution < -0.4 is 10.5 Å². The summed E-state index contributed by atoms with van der Waals surface area (Å²) in [7, 11) is 0. The quantitative estimate of drug-likeness (QED) is 0.568. The Hall–Kier alpha value is -2.90.